The summed E-state index contributed by atoms with van der Waals surface area (Å²) in [5, 5.41) is 0.384. The van der Waals surface area contributed by atoms with Crippen molar-refractivity contribution in [3.8, 4) is 50.9 Å². The third-order valence-corrected chi connectivity index (χ3v) is 20.5. The summed E-state index contributed by atoms with van der Waals surface area (Å²) in [6.07, 6.45) is 13.6. The number of carbonyl (C=O) groups is 8. The van der Waals surface area contributed by atoms with E-state index in [1.165, 1.54) is 163 Å². The number of hydrogen-bond donors (Lipinski definition) is 0. The zero-order valence-corrected chi connectivity index (χ0v) is 71.5. The number of anilines is 4. The number of amides is 4. The largest absolute Gasteiger partial charge is 0.481 e. The molecule has 0 saturated heterocycles. The molecule has 0 aliphatic heterocycles. The molecule has 0 unspecified atom stereocenters. The maximum absolute atomic E-state index is 14.7. The van der Waals surface area contributed by atoms with Crippen LogP contribution >= 0.6 is 11.6 Å². The van der Waals surface area contributed by atoms with E-state index < -0.39 is 52.5 Å². The van der Waals surface area contributed by atoms with Gasteiger partial charge in [0, 0.05) is 185 Å². The van der Waals surface area contributed by atoms with Crippen molar-refractivity contribution in [2.45, 2.75) is 119 Å². The number of methoxy groups -OCH3 is 1. The highest BCUT2D eigenvalue weighted by Gasteiger charge is 2.27. The third-order valence-electron chi connectivity index (χ3n) is 20.3. The molecular weight excluding hydrogens is 1660 g/mol. The van der Waals surface area contributed by atoms with Crippen LogP contribution < -0.4 is 24.3 Å². The van der Waals surface area contributed by atoms with Gasteiger partial charge < -0.3 is 24.3 Å². The van der Waals surface area contributed by atoms with Crippen molar-refractivity contribution in [1.82, 2.24) is 39.9 Å². The second-order valence-corrected chi connectivity index (χ2v) is 29.0. The van der Waals surface area contributed by atoms with Gasteiger partial charge in [-0.25, -0.2) is 50.1 Å². The summed E-state index contributed by atoms with van der Waals surface area (Å²) in [7, 11) is 7.09. The Bertz CT molecular complexity index is 5750. The molecule has 0 N–H and O–H groups in total. The molecule has 8 aromatic heterocycles. The van der Waals surface area contributed by atoms with Crippen LogP contribution in [-0.4, -0.2) is 122 Å². The molecule has 12 aromatic rings. The number of nitrogens with zero attached hydrogens (tertiary/aromatic N) is 12. The highest BCUT2D eigenvalue weighted by molar-refractivity contribution is 6.29. The zero-order valence-electron chi connectivity index (χ0n) is 70.7. The summed E-state index contributed by atoms with van der Waals surface area (Å²) in [5.41, 5.74) is 6.76. The summed E-state index contributed by atoms with van der Waals surface area (Å²) >= 11 is 5.75. The molecule has 0 radical (unpaired) electrons. The van der Waals surface area contributed by atoms with E-state index in [1.54, 1.807) is 70.4 Å². The third kappa shape index (κ3) is 24.5. The van der Waals surface area contributed by atoms with E-state index in [2.05, 4.69) is 39.9 Å². The van der Waals surface area contributed by atoms with Gasteiger partial charge >= 0.3 is 0 Å². The molecule has 4 aromatic carbocycles. The van der Waals surface area contributed by atoms with Crippen molar-refractivity contribution < 1.29 is 82.6 Å². The van der Waals surface area contributed by atoms with Crippen LogP contribution in [0, 0.1) is 66.3 Å². The number of aromatic nitrogens is 8. The highest BCUT2D eigenvalue weighted by Crippen LogP contribution is 2.35. The minimum Gasteiger partial charge on any atom is -0.481 e. The molecule has 8 heterocycles. The van der Waals surface area contributed by atoms with E-state index in [9.17, 15) is 77.9 Å². The number of ether oxygens (including phenoxy) is 1. The first-order chi connectivity index (χ1) is 60.2. The van der Waals surface area contributed by atoms with E-state index >= 15 is 0 Å². The van der Waals surface area contributed by atoms with E-state index in [0.29, 0.717) is 65.4 Å². The molecule has 31 heteroatoms. The van der Waals surface area contributed by atoms with Crippen molar-refractivity contribution in [1.29, 1.82) is 0 Å². The van der Waals surface area contributed by atoms with Crippen LogP contribution in [0.1, 0.15) is 154 Å². The van der Waals surface area contributed by atoms with E-state index in [0.717, 1.165) is 53.2 Å². The van der Waals surface area contributed by atoms with Crippen LogP contribution in [0.3, 0.4) is 0 Å². The topological polar surface area (TPSA) is 262 Å². The number of ketones is 4. The second-order valence-electron chi connectivity index (χ2n) is 28.6. The number of pyridine rings is 8. The average molecular weight is 1750 g/mol. The van der Waals surface area contributed by atoms with E-state index in [-0.39, 0.29) is 159 Å². The molecular formula is C95H88ClF9N12O9. The maximum atomic E-state index is 14.7. The van der Waals surface area contributed by atoms with Crippen molar-refractivity contribution in [2.24, 2.45) is 0 Å². The Morgan fingerprint density at radius 1 is 0.325 bits per heavy atom. The first kappa shape index (κ1) is 95.9. The molecule has 0 atom stereocenters. The van der Waals surface area contributed by atoms with Crippen LogP contribution in [0.25, 0.3) is 45.0 Å². The molecule has 12 rings (SSSR count). The lowest BCUT2D eigenvalue weighted by Gasteiger charge is -2.18. The van der Waals surface area contributed by atoms with E-state index in [1.807, 2.05) is 32.0 Å². The molecule has 21 nitrogen and oxygen atoms in total. The first-order valence-electron chi connectivity index (χ1n) is 39.8. The molecule has 0 bridgehead atoms. The Hall–Kier alpha value is -13.9. The Kier molecular flexibility index (Phi) is 34.2. The van der Waals surface area contributed by atoms with Gasteiger partial charge in [0.1, 0.15) is 5.15 Å². The normalized spacial score (nSPS) is 10.7. The number of carbonyl (C=O) groups excluding carboxylic acids is 8. The number of benzene rings is 4. The van der Waals surface area contributed by atoms with Crippen LogP contribution in [0.15, 0.2) is 189 Å². The number of halogens is 10. The summed E-state index contributed by atoms with van der Waals surface area (Å²) < 4.78 is 135. The fourth-order valence-electron chi connectivity index (χ4n) is 12.7. The number of aryl methyl sites for hydroxylation is 6. The predicted molar refractivity (Wildman–Crippen MR) is 462 cm³/mol. The van der Waals surface area contributed by atoms with Gasteiger partial charge in [-0.15, -0.1) is 0 Å². The smallest absolute Gasteiger partial charge is 0.226 e. The van der Waals surface area contributed by atoms with Gasteiger partial charge in [-0.2, -0.15) is 4.39 Å². The molecule has 4 amide bonds. The standard InChI is InChI=1S/C25H25F2N3O2.C24H23F2N3O3.C23H20ClF2N3O2.C23H20F3N3O2/c1-5-23(32)30(4)21-12-10-19(24(26)25(21)27)20-11-8-18(14-28-20)22(31)13-9-17-7-6-15(2)29-16(17)3;1-4-22(31)29(2)19-10-8-17(23(25)24(19)26)18-9-7-16(14-27-18)20(30)11-5-15-6-12-21(32-3)28-13-15;2*1-3-21(31)29(2)18-9-7-16(22(25)23(18)26)17-8-6-15(13-27-17)19(30)10-4-14-5-11-20(24)28-12-14/h6-8,10-12,14H,5,9,13H2,1-4H3;6-10,12-14H,4-5,11H2,1-3H3;2*5-9,11-13H,3-4,10H2,1-2H3. The van der Waals surface area contributed by atoms with Gasteiger partial charge in [0.15, 0.2) is 69.7 Å². The fourth-order valence-corrected chi connectivity index (χ4v) is 12.8. The van der Waals surface area contributed by atoms with Crippen LogP contribution in [0.4, 0.5) is 62.3 Å². The lowest BCUT2D eigenvalue weighted by atomic mass is 10.0. The Morgan fingerprint density at radius 3 is 0.881 bits per heavy atom. The van der Waals surface area contributed by atoms with Crippen molar-refractivity contribution in [2.75, 3.05) is 54.9 Å². The molecule has 0 aliphatic rings. The fraction of sp³-hybridized carbons (Fsp3) is 0.242. The van der Waals surface area contributed by atoms with Crippen molar-refractivity contribution in [3.05, 3.63) is 303 Å². The summed E-state index contributed by atoms with van der Waals surface area (Å²) in [4.78, 5) is 134. The van der Waals surface area contributed by atoms with Crippen molar-refractivity contribution in [3.63, 3.8) is 0 Å². The van der Waals surface area contributed by atoms with Gasteiger partial charge in [-0.1, -0.05) is 63.6 Å². The lowest BCUT2D eigenvalue weighted by molar-refractivity contribution is -0.118. The number of hydrogen-bond acceptors (Lipinski definition) is 17. The first-order valence-corrected chi connectivity index (χ1v) is 40.2. The highest BCUT2D eigenvalue weighted by atomic mass is 35.5. The average Bonchev–Trinajstić information content (AvgIpc) is 0.808. The predicted octanol–water partition coefficient (Wildman–Crippen LogP) is 19.9. The maximum Gasteiger partial charge on any atom is 0.226 e. The summed E-state index contributed by atoms with van der Waals surface area (Å²) in [5.74, 6) is -10.9. The second kappa shape index (κ2) is 44.9. The monoisotopic (exact) mass is 1750 g/mol. The molecule has 0 aliphatic carbocycles. The zero-order chi connectivity index (χ0) is 91.8. The van der Waals surface area contributed by atoms with Crippen molar-refractivity contribution >= 4 is 81.1 Å². The van der Waals surface area contributed by atoms with Gasteiger partial charge in [0.2, 0.25) is 35.5 Å². The quantitative estimate of drug-likeness (QED) is 0.0240. The summed E-state index contributed by atoms with van der Waals surface area (Å²) in [6.45, 7) is 10.4. The van der Waals surface area contributed by atoms with Crippen LogP contribution in [0.5, 0.6) is 5.88 Å². The summed E-state index contributed by atoms with van der Waals surface area (Å²) in [6, 6.07) is 36.5. The SMILES string of the molecule is CCC(=O)N(C)c1ccc(-c2ccc(C(=O)CCc3ccc(C)nc3C)cn2)c(F)c1F.CCC(=O)N(C)c1ccc(-c2ccc(C(=O)CCc3ccc(Cl)nc3)cn2)c(F)c1F.CCC(=O)N(C)c1ccc(-c2ccc(C(=O)CCc3ccc(F)nc3)cn2)c(F)c1F.CCC(=O)N(C)c1ccc(-c2ccc(C(=O)CCc3ccc(OC)nc3)cn2)c(F)c1F. The molecule has 0 saturated carbocycles. The Balaban J connectivity index is 0.000000190. The van der Waals surface area contributed by atoms with E-state index in [4.69, 9.17) is 16.3 Å². The number of rotatable bonds is 29. The minimum atomic E-state index is -1.14. The van der Waals surface area contributed by atoms with Crippen LogP contribution in [0.2, 0.25) is 5.15 Å². The van der Waals surface area contributed by atoms with Gasteiger partial charge in [-0.05, 0) is 177 Å². The minimum absolute atomic E-state index is 0.0380. The molecule has 0 fully saturated rings. The van der Waals surface area contributed by atoms with Gasteiger partial charge in [0.25, 0.3) is 0 Å². The number of Topliss-reactive ketones (excluding diaryl/α,β-unsaturated/α-hetero) is 4. The Morgan fingerprint density at radius 2 is 0.627 bits per heavy atom. The van der Waals surface area contributed by atoms with Gasteiger partial charge in [0.05, 0.1) is 52.6 Å². The van der Waals surface area contributed by atoms with Crippen LogP contribution in [-0.2, 0) is 44.9 Å². The molecule has 652 valence electrons. The lowest BCUT2D eigenvalue weighted by Crippen LogP contribution is -2.26. The van der Waals surface area contributed by atoms with Gasteiger partial charge in [-0.3, -0.25) is 63.3 Å². The molecule has 0 spiro atoms. The molecule has 126 heavy (non-hydrogen) atoms. The Labute approximate surface area is 726 Å².